The van der Waals surface area contributed by atoms with Crippen LogP contribution in [0.1, 0.15) is 56.6 Å². The molecule has 10 heteroatoms. The number of benzene rings is 2. The number of rotatable bonds is 7. The van der Waals surface area contributed by atoms with Crippen molar-refractivity contribution in [1.82, 2.24) is 20.0 Å². The maximum atomic E-state index is 15.1. The van der Waals surface area contributed by atoms with Gasteiger partial charge in [0.1, 0.15) is 11.9 Å². The largest absolute Gasteiger partial charge is 0.464 e. The molecule has 1 saturated heterocycles. The summed E-state index contributed by atoms with van der Waals surface area (Å²) in [5.74, 6) is -2.10. The number of alkyl halides is 1. The lowest BCUT2D eigenvalue weighted by Crippen LogP contribution is -2.58. The van der Waals surface area contributed by atoms with Crippen molar-refractivity contribution in [2.75, 3.05) is 19.7 Å². The average molecular weight is 541 g/mol. The standard InChI is InChI=1S/C29H34F2N4O4/c1-5-39-27(38)29(31)14-16-34(17-15-29)26(37)24(28(2,3)4)32-25(36)23-21-8-6-7-9-22(21)35(33-23)18-19-10-12-20(30)13-11-19/h6-13,24H,5,14-18H2,1-4H3,(H,32,36)/t24-/m1/s1. The Kier molecular flexibility index (Phi) is 8.04. The molecule has 0 unspecified atom stereocenters. The molecule has 0 bridgehead atoms. The van der Waals surface area contributed by atoms with Gasteiger partial charge in [0.15, 0.2) is 5.69 Å². The van der Waals surface area contributed by atoms with E-state index >= 15 is 4.39 Å². The Bertz CT molecular complexity index is 1360. The summed E-state index contributed by atoms with van der Waals surface area (Å²) in [6.45, 7) is 7.60. The van der Waals surface area contributed by atoms with Gasteiger partial charge in [0, 0.05) is 31.3 Å². The Hall–Kier alpha value is -3.82. The van der Waals surface area contributed by atoms with Gasteiger partial charge in [-0.05, 0) is 36.1 Å². The number of nitrogens with one attached hydrogen (secondary N) is 1. The molecule has 8 nitrogen and oxygen atoms in total. The fraction of sp³-hybridized carbons (Fsp3) is 0.448. The van der Waals surface area contributed by atoms with Gasteiger partial charge in [-0.1, -0.05) is 51.1 Å². The molecule has 39 heavy (non-hydrogen) atoms. The zero-order valence-electron chi connectivity index (χ0n) is 22.7. The smallest absolute Gasteiger partial charge is 0.344 e. The topological polar surface area (TPSA) is 93.5 Å². The van der Waals surface area contributed by atoms with Crippen LogP contribution in [0.15, 0.2) is 48.5 Å². The molecule has 1 fully saturated rings. The van der Waals surface area contributed by atoms with E-state index in [-0.39, 0.29) is 50.0 Å². The molecule has 208 valence electrons. The number of likely N-dealkylation sites (tertiary alicyclic amines) is 1. The first-order chi connectivity index (χ1) is 18.4. The minimum atomic E-state index is -2.12. The highest BCUT2D eigenvalue weighted by Crippen LogP contribution is 2.30. The van der Waals surface area contributed by atoms with Gasteiger partial charge in [-0.2, -0.15) is 5.10 Å². The fourth-order valence-electron chi connectivity index (χ4n) is 4.76. The van der Waals surface area contributed by atoms with Crippen LogP contribution >= 0.6 is 0 Å². The maximum absolute atomic E-state index is 15.1. The molecule has 0 saturated carbocycles. The first kappa shape index (κ1) is 28.2. The van der Waals surface area contributed by atoms with E-state index in [2.05, 4.69) is 10.4 Å². The summed E-state index contributed by atoms with van der Waals surface area (Å²) >= 11 is 0. The molecule has 2 aromatic carbocycles. The van der Waals surface area contributed by atoms with Gasteiger partial charge in [-0.25, -0.2) is 13.6 Å². The molecule has 1 aliphatic rings. The second-order valence-electron chi connectivity index (χ2n) is 10.9. The number of hydrogen-bond donors (Lipinski definition) is 1. The van der Waals surface area contributed by atoms with Crippen LogP contribution in [0, 0.1) is 11.2 Å². The number of esters is 1. The van der Waals surface area contributed by atoms with E-state index in [0.717, 1.165) is 11.1 Å². The lowest BCUT2D eigenvalue weighted by Gasteiger charge is -2.39. The van der Waals surface area contributed by atoms with Crippen molar-refractivity contribution in [2.45, 2.75) is 58.8 Å². The highest BCUT2D eigenvalue weighted by atomic mass is 19.1. The number of aromatic nitrogens is 2. The number of halogens is 2. The van der Waals surface area contributed by atoms with E-state index in [0.29, 0.717) is 11.9 Å². The van der Waals surface area contributed by atoms with Crippen molar-refractivity contribution in [3.63, 3.8) is 0 Å². The van der Waals surface area contributed by atoms with Crippen LogP contribution in [0.2, 0.25) is 0 Å². The summed E-state index contributed by atoms with van der Waals surface area (Å²) in [6.07, 6.45) is -0.332. The molecular weight excluding hydrogens is 506 g/mol. The lowest BCUT2D eigenvalue weighted by molar-refractivity contribution is -0.162. The average Bonchev–Trinajstić information content (AvgIpc) is 3.26. The number of para-hydroxylation sites is 1. The van der Waals surface area contributed by atoms with Crippen molar-refractivity contribution in [3.05, 3.63) is 65.6 Å². The SMILES string of the molecule is CCOC(=O)C1(F)CCN(C(=O)[C@@H](NC(=O)c2nn(Cc3ccc(F)cc3)c3ccccc23)C(C)(C)C)CC1. The summed E-state index contributed by atoms with van der Waals surface area (Å²) in [7, 11) is 0. The number of fused-ring (bicyclic) bond motifs is 1. The van der Waals surface area contributed by atoms with Crippen molar-refractivity contribution in [1.29, 1.82) is 0 Å². The summed E-state index contributed by atoms with van der Waals surface area (Å²) in [5.41, 5.74) is -1.08. The number of nitrogens with zero attached hydrogens (tertiary/aromatic N) is 3. The van der Waals surface area contributed by atoms with Gasteiger partial charge in [-0.15, -0.1) is 0 Å². The first-order valence-electron chi connectivity index (χ1n) is 13.1. The Morgan fingerprint density at radius 3 is 2.33 bits per heavy atom. The number of carbonyl (C=O) groups excluding carboxylic acids is 3. The monoisotopic (exact) mass is 540 g/mol. The highest BCUT2D eigenvalue weighted by molar-refractivity contribution is 6.06. The van der Waals surface area contributed by atoms with Crippen molar-refractivity contribution >= 4 is 28.7 Å². The molecule has 4 rings (SSSR count). The van der Waals surface area contributed by atoms with Crippen LogP contribution < -0.4 is 5.32 Å². The lowest BCUT2D eigenvalue weighted by atomic mass is 9.84. The molecule has 1 aromatic heterocycles. The molecule has 1 aliphatic heterocycles. The number of ether oxygens (including phenoxy) is 1. The molecule has 1 N–H and O–H groups in total. The van der Waals surface area contributed by atoms with Gasteiger partial charge >= 0.3 is 5.97 Å². The summed E-state index contributed by atoms with van der Waals surface area (Å²) in [5, 5.41) is 8.04. The van der Waals surface area contributed by atoms with Crippen molar-refractivity contribution < 1.29 is 27.9 Å². The molecule has 2 amide bonds. The van der Waals surface area contributed by atoms with Crippen LogP contribution in [-0.2, 0) is 20.9 Å². The molecule has 0 spiro atoms. The summed E-state index contributed by atoms with van der Waals surface area (Å²) in [4.78, 5) is 40.7. The van der Waals surface area contributed by atoms with Gasteiger partial charge in [0.05, 0.1) is 18.7 Å². The number of amides is 2. The molecule has 0 radical (unpaired) electrons. The third-order valence-corrected chi connectivity index (χ3v) is 7.02. The molecule has 3 aromatic rings. The maximum Gasteiger partial charge on any atom is 0.344 e. The van der Waals surface area contributed by atoms with Crippen molar-refractivity contribution in [3.8, 4) is 0 Å². The predicted molar refractivity (Wildman–Crippen MR) is 142 cm³/mol. The number of piperidine rings is 1. The second kappa shape index (κ2) is 11.1. The van der Waals surface area contributed by atoms with Crippen LogP contribution in [-0.4, -0.2) is 63.9 Å². The van der Waals surface area contributed by atoms with E-state index in [1.807, 2.05) is 32.9 Å². The molecule has 1 atom stereocenters. The summed E-state index contributed by atoms with van der Waals surface area (Å²) < 4.78 is 35.0. The number of hydrogen-bond acceptors (Lipinski definition) is 5. The van der Waals surface area contributed by atoms with E-state index in [4.69, 9.17) is 4.74 Å². The van der Waals surface area contributed by atoms with Crippen LogP contribution in [0.4, 0.5) is 8.78 Å². The summed E-state index contributed by atoms with van der Waals surface area (Å²) in [6, 6.07) is 12.4. The molecule has 0 aliphatic carbocycles. The minimum Gasteiger partial charge on any atom is -0.464 e. The Morgan fingerprint density at radius 1 is 1.08 bits per heavy atom. The van der Waals surface area contributed by atoms with Crippen molar-refractivity contribution in [2.24, 2.45) is 5.41 Å². The zero-order chi connectivity index (χ0) is 28.4. The Morgan fingerprint density at radius 2 is 1.72 bits per heavy atom. The van der Waals surface area contributed by atoms with E-state index in [1.54, 1.807) is 35.9 Å². The third kappa shape index (κ3) is 6.10. The Balaban J connectivity index is 1.54. The van der Waals surface area contributed by atoms with Gasteiger partial charge in [-0.3, -0.25) is 14.3 Å². The molecule has 2 heterocycles. The second-order valence-corrected chi connectivity index (χ2v) is 10.9. The van der Waals surface area contributed by atoms with E-state index in [1.165, 1.54) is 17.0 Å². The van der Waals surface area contributed by atoms with E-state index < -0.39 is 29.0 Å². The third-order valence-electron chi connectivity index (χ3n) is 7.02. The predicted octanol–water partition coefficient (Wildman–Crippen LogP) is 4.26. The highest BCUT2D eigenvalue weighted by Gasteiger charge is 2.46. The first-order valence-corrected chi connectivity index (χ1v) is 13.1. The van der Waals surface area contributed by atoms with Gasteiger partial charge in [0.2, 0.25) is 11.6 Å². The normalized spacial score (nSPS) is 16.1. The van der Waals surface area contributed by atoms with Crippen LogP contribution in [0.5, 0.6) is 0 Å². The van der Waals surface area contributed by atoms with Gasteiger partial charge < -0.3 is 15.0 Å². The minimum absolute atomic E-state index is 0.0336. The molecular formula is C29H34F2N4O4. The Labute approximate surface area is 226 Å². The fourth-order valence-corrected chi connectivity index (χ4v) is 4.76. The zero-order valence-corrected chi connectivity index (χ0v) is 22.7. The van der Waals surface area contributed by atoms with E-state index in [9.17, 15) is 18.8 Å². The van der Waals surface area contributed by atoms with Crippen LogP contribution in [0.3, 0.4) is 0 Å². The number of carbonyl (C=O) groups is 3. The van der Waals surface area contributed by atoms with Crippen LogP contribution in [0.25, 0.3) is 10.9 Å². The quantitative estimate of drug-likeness (QED) is 0.452. The van der Waals surface area contributed by atoms with Gasteiger partial charge in [0.25, 0.3) is 5.91 Å².